The first-order valence-electron chi connectivity index (χ1n) is 8.85. The molecular formula is C19H30N4O. The van der Waals surface area contributed by atoms with Crippen LogP contribution in [-0.2, 0) is 11.3 Å². The van der Waals surface area contributed by atoms with Crippen molar-refractivity contribution in [1.82, 2.24) is 10.2 Å². The molecule has 5 heteroatoms. The van der Waals surface area contributed by atoms with Gasteiger partial charge < -0.3 is 15.5 Å². The van der Waals surface area contributed by atoms with Gasteiger partial charge in [0, 0.05) is 38.3 Å². The van der Waals surface area contributed by atoms with Crippen molar-refractivity contribution >= 4 is 17.6 Å². The lowest BCUT2D eigenvalue weighted by Gasteiger charge is -2.32. The lowest BCUT2D eigenvalue weighted by molar-refractivity contribution is -0.118. The Kier molecular flexibility index (Phi) is 6.64. The third kappa shape index (κ3) is 5.25. The number of hydrogen-bond donors (Lipinski definition) is 2. The van der Waals surface area contributed by atoms with Gasteiger partial charge in [0.25, 0.3) is 0 Å². The fourth-order valence-corrected chi connectivity index (χ4v) is 2.73. The van der Waals surface area contributed by atoms with E-state index in [9.17, 15) is 4.79 Å². The van der Waals surface area contributed by atoms with Gasteiger partial charge in [0.1, 0.15) is 0 Å². The third-order valence-corrected chi connectivity index (χ3v) is 4.49. The predicted molar refractivity (Wildman–Crippen MR) is 100 cm³/mol. The number of nitrogens with zero attached hydrogens (tertiary/aromatic N) is 2. The number of piperidine rings is 1. The van der Waals surface area contributed by atoms with Crippen LogP contribution in [0, 0.1) is 11.8 Å². The second kappa shape index (κ2) is 8.71. The molecule has 1 aromatic rings. The molecule has 2 rings (SSSR count). The van der Waals surface area contributed by atoms with Crippen LogP contribution in [0.5, 0.6) is 0 Å². The summed E-state index contributed by atoms with van der Waals surface area (Å²) < 4.78 is 0. The molecule has 1 saturated heterocycles. The van der Waals surface area contributed by atoms with Crippen LogP contribution in [-0.4, -0.2) is 36.9 Å². The number of benzene rings is 1. The van der Waals surface area contributed by atoms with E-state index in [1.54, 1.807) is 0 Å². The van der Waals surface area contributed by atoms with Crippen LogP contribution in [0.1, 0.15) is 39.2 Å². The molecule has 0 radical (unpaired) electrons. The molecule has 2 N–H and O–H groups in total. The molecule has 0 spiro atoms. The normalized spacial score (nSPS) is 16.4. The van der Waals surface area contributed by atoms with Gasteiger partial charge in [-0.3, -0.25) is 9.79 Å². The Morgan fingerprint density at radius 3 is 2.42 bits per heavy atom. The van der Waals surface area contributed by atoms with Gasteiger partial charge in [0.05, 0.1) is 0 Å². The molecule has 0 saturated carbocycles. The molecule has 0 atom stereocenters. The molecule has 0 aliphatic carbocycles. The smallest absolute Gasteiger partial charge is 0.226 e. The first-order valence-corrected chi connectivity index (χ1v) is 8.85. The summed E-state index contributed by atoms with van der Waals surface area (Å²) in [6.45, 7) is 8.97. The summed E-state index contributed by atoms with van der Waals surface area (Å²) in [4.78, 5) is 18.4. The van der Waals surface area contributed by atoms with Crippen LogP contribution in [0.25, 0.3) is 0 Å². The van der Waals surface area contributed by atoms with Crippen LogP contribution in [0.15, 0.2) is 29.3 Å². The third-order valence-electron chi connectivity index (χ3n) is 4.49. The van der Waals surface area contributed by atoms with Crippen molar-refractivity contribution in [1.29, 1.82) is 0 Å². The maximum Gasteiger partial charge on any atom is 0.226 e. The highest BCUT2D eigenvalue weighted by atomic mass is 16.1. The van der Waals surface area contributed by atoms with Crippen LogP contribution in [0.4, 0.5) is 5.69 Å². The van der Waals surface area contributed by atoms with Crippen molar-refractivity contribution in [3.8, 4) is 0 Å². The highest BCUT2D eigenvalue weighted by Crippen LogP contribution is 2.16. The maximum absolute atomic E-state index is 11.7. The first kappa shape index (κ1) is 18.3. The summed E-state index contributed by atoms with van der Waals surface area (Å²) in [5.74, 6) is 1.81. The summed E-state index contributed by atoms with van der Waals surface area (Å²) in [5.41, 5.74) is 2.01. The van der Waals surface area contributed by atoms with Crippen LogP contribution in [0.2, 0.25) is 0 Å². The van der Waals surface area contributed by atoms with E-state index in [1.165, 1.54) is 18.4 Å². The molecule has 1 heterocycles. The van der Waals surface area contributed by atoms with Crippen molar-refractivity contribution in [2.45, 2.75) is 40.2 Å². The van der Waals surface area contributed by atoms with Crippen molar-refractivity contribution in [3.63, 3.8) is 0 Å². The van der Waals surface area contributed by atoms with E-state index in [0.717, 1.165) is 37.2 Å². The molecule has 1 aromatic carbocycles. The van der Waals surface area contributed by atoms with E-state index in [1.807, 2.05) is 45.2 Å². The number of hydrogen-bond acceptors (Lipinski definition) is 2. The lowest BCUT2D eigenvalue weighted by Crippen LogP contribution is -2.45. The number of carbonyl (C=O) groups excluding carboxylic acids is 1. The number of amides is 1. The van der Waals surface area contributed by atoms with Crippen molar-refractivity contribution in [3.05, 3.63) is 29.8 Å². The number of guanidine groups is 1. The standard InChI is InChI=1S/C19H30N4O/c1-14(2)18(24)22-17-7-5-16(6-8-17)13-21-19(20-4)23-11-9-15(3)10-12-23/h5-8,14-15H,9-13H2,1-4H3,(H,20,21)(H,22,24). The Morgan fingerprint density at radius 2 is 1.88 bits per heavy atom. The van der Waals surface area contributed by atoms with Gasteiger partial charge in [-0.05, 0) is 36.5 Å². The lowest BCUT2D eigenvalue weighted by atomic mass is 9.99. The molecule has 1 fully saturated rings. The summed E-state index contributed by atoms with van der Waals surface area (Å²) in [7, 11) is 1.84. The number of rotatable bonds is 4. The molecule has 5 nitrogen and oxygen atoms in total. The van der Waals surface area contributed by atoms with E-state index < -0.39 is 0 Å². The van der Waals surface area contributed by atoms with Gasteiger partial charge in [0.15, 0.2) is 5.96 Å². The summed E-state index contributed by atoms with van der Waals surface area (Å²) in [5, 5.41) is 6.35. The Labute approximate surface area is 145 Å². The minimum Gasteiger partial charge on any atom is -0.352 e. The number of aliphatic imine (C=N–C) groups is 1. The van der Waals surface area contributed by atoms with E-state index in [2.05, 4.69) is 27.4 Å². The second-order valence-electron chi connectivity index (χ2n) is 6.91. The highest BCUT2D eigenvalue weighted by Gasteiger charge is 2.18. The summed E-state index contributed by atoms with van der Waals surface area (Å²) >= 11 is 0. The summed E-state index contributed by atoms with van der Waals surface area (Å²) in [6.07, 6.45) is 2.45. The second-order valence-corrected chi connectivity index (χ2v) is 6.91. The first-order chi connectivity index (χ1) is 11.5. The Balaban J connectivity index is 1.86. The number of nitrogens with one attached hydrogen (secondary N) is 2. The van der Waals surface area contributed by atoms with Crippen LogP contribution < -0.4 is 10.6 Å². The summed E-state index contributed by atoms with van der Waals surface area (Å²) in [6, 6.07) is 7.97. The number of likely N-dealkylation sites (tertiary alicyclic amines) is 1. The van der Waals surface area contributed by atoms with Crippen molar-refractivity contribution in [2.24, 2.45) is 16.8 Å². The van der Waals surface area contributed by atoms with E-state index in [4.69, 9.17) is 0 Å². The monoisotopic (exact) mass is 330 g/mol. The average molecular weight is 330 g/mol. The Bertz CT molecular complexity index is 557. The van der Waals surface area contributed by atoms with Gasteiger partial charge in [-0.15, -0.1) is 0 Å². The molecule has 0 bridgehead atoms. The SMILES string of the molecule is CN=C(NCc1ccc(NC(=O)C(C)C)cc1)N1CCC(C)CC1. The Hall–Kier alpha value is -2.04. The fourth-order valence-electron chi connectivity index (χ4n) is 2.73. The topological polar surface area (TPSA) is 56.7 Å². The van der Waals surface area contributed by atoms with E-state index >= 15 is 0 Å². The zero-order valence-electron chi connectivity index (χ0n) is 15.3. The van der Waals surface area contributed by atoms with Crippen molar-refractivity contribution in [2.75, 3.05) is 25.5 Å². The van der Waals surface area contributed by atoms with Gasteiger partial charge >= 0.3 is 0 Å². The largest absolute Gasteiger partial charge is 0.352 e. The van der Waals surface area contributed by atoms with Gasteiger partial charge in [-0.2, -0.15) is 0 Å². The number of anilines is 1. The highest BCUT2D eigenvalue weighted by molar-refractivity contribution is 5.92. The van der Waals surface area contributed by atoms with Gasteiger partial charge in [0.2, 0.25) is 5.91 Å². The molecule has 1 aliphatic rings. The predicted octanol–water partition coefficient (Wildman–Crippen LogP) is 3.09. The van der Waals surface area contributed by atoms with Crippen LogP contribution >= 0.6 is 0 Å². The maximum atomic E-state index is 11.7. The van der Waals surface area contributed by atoms with Crippen molar-refractivity contribution < 1.29 is 4.79 Å². The molecule has 132 valence electrons. The van der Waals surface area contributed by atoms with Crippen LogP contribution in [0.3, 0.4) is 0 Å². The Morgan fingerprint density at radius 1 is 1.25 bits per heavy atom. The molecular weight excluding hydrogens is 300 g/mol. The zero-order valence-corrected chi connectivity index (χ0v) is 15.3. The molecule has 0 aromatic heterocycles. The molecule has 0 unspecified atom stereocenters. The van der Waals surface area contributed by atoms with Gasteiger partial charge in [-0.25, -0.2) is 0 Å². The minimum atomic E-state index is -0.0121. The van der Waals surface area contributed by atoms with E-state index in [0.29, 0.717) is 0 Å². The average Bonchev–Trinajstić information content (AvgIpc) is 2.58. The zero-order chi connectivity index (χ0) is 17.5. The molecule has 1 aliphatic heterocycles. The molecule has 24 heavy (non-hydrogen) atoms. The quantitative estimate of drug-likeness (QED) is 0.659. The van der Waals surface area contributed by atoms with E-state index in [-0.39, 0.29) is 11.8 Å². The number of carbonyl (C=O) groups is 1. The fraction of sp³-hybridized carbons (Fsp3) is 0.579. The van der Waals surface area contributed by atoms with Gasteiger partial charge in [-0.1, -0.05) is 32.9 Å². The molecule has 1 amide bonds. The minimum absolute atomic E-state index is 0.0121.